The number of aryl methyl sites for hydroxylation is 1. The van der Waals surface area contributed by atoms with Crippen LogP contribution in [0.4, 0.5) is 4.39 Å². The topological polar surface area (TPSA) is 39.2 Å². The first-order chi connectivity index (χ1) is 14.5. The molecule has 2 aromatic rings. The van der Waals surface area contributed by atoms with Gasteiger partial charge in [0.15, 0.2) is 0 Å². The number of ether oxygens (including phenoxy) is 1. The van der Waals surface area contributed by atoms with Crippen molar-refractivity contribution in [1.82, 2.24) is 4.98 Å². The quantitative estimate of drug-likeness (QED) is 0.583. The minimum absolute atomic E-state index is 0.0687. The van der Waals surface area contributed by atoms with Crippen molar-refractivity contribution in [1.29, 1.82) is 0 Å². The summed E-state index contributed by atoms with van der Waals surface area (Å²) in [5.74, 6) is 0.270. The number of nitrogens with zero attached hydrogens (tertiary/aromatic N) is 1. The number of hydrogen-bond acceptors (Lipinski definition) is 3. The number of esters is 1. The lowest BCUT2D eigenvalue weighted by atomic mass is 9.82. The largest absolute Gasteiger partial charge is 0.462 e. The third kappa shape index (κ3) is 3.83. The Bertz CT molecular complexity index is 1000. The van der Waals surface area contributed by atoms with Crippen LogP contribution in [0.2, 0.25) is 0 Å². The first-order valence-electron chi connectivity index (χ1n) is 10.8. The standard InChI is InChI=1S/C26H28FNO2/c1-4-30-26(29)24-23(18-9-12-20(27)13-10-18)21-15-19-8-6-5-7-17(19)11-14-22(21)28-25(24)16(2)3/h5-10,12-13,16-17,19H,4,11,14-15H2,1-3H3. The van der Waals surface area contributed by atoms with Crippen LogP contribution in [-0.2, 0) is 17.6 Å². The molecule has 2 unspecified atom stereocenters. The van der Waals surface area contributed by atoms with Crippen LogP contribution in [0.25, 0.3) is 11.1 Å². The number of aromatic nitrogens is 1. The highest BCUT2D eigenvalue weighted by molar-refractivity contribution is 5.99. The van der Waals surface area contributed by atoms with Gasteiger partial charge in [0, 0.05) is 11.3 Å². The van der Waals surface area contributed by atoms with E-state index < -0.39 is 0 Å². The van der Waals surface area contributed by atoms with E-state index in [0.717, 1.165) is 47.3 Å². The number of hydrogen-bond donors (Lipinski definition) is 0. The van der Waals surface area contributed by atoms with Crippen molar-refractivity contribution in [2.75, 3.05) is 6.61 Å². The van der Waals surface area contributed by atoms with Gasteiger partial charge in [0.1, 0.15) is 5.82 Å². The Kier molecular flexibility index (Phi) is 5.85. The zero-order chi connectivity index (χ0) is 21.3. The van der Waals surface area contributed by atoms with E-state index in [-0.39, 0.29) is 17.7 Å². The van der Waals surface area contributed by atoms with Crippen LogP contribution in [0.1, 0.15) is 60.4 Å². The zero-order valence-electron chi connectivity index (χ0n) is 17.8. The second-order valence-electron chi connectivity index (χ2n) is 8.39. The molecule has 0 aliphatic heterocycles. The van der Waals surface area contributed by atoms with E-state index in [1.165, 1.54) is 12.1 Å². The molecule has 1 aromatic heterocycles. The van der Waals surface area contributed by atoms with Crippen molar-refractivity contribution in [3.05, 3.63) is 76.9 Å². The van der Waals surface area contributed by atoms with Gasteiger partial charge in [-0.2, -0.15) is 0 Å². The fraction of sp³-hybridized carbons (Fsp3) is 0.385. The molecule has 0 N–H and O–H groups in total. The SMILES string of the molecule is CCOC(=O)c1c(C(C)C)nc2c(c1-c1ccc(F)cc1)CC1C=CC=CC1CC2. The highest BCUT2D eigenvalue weighted by atomic mass is 19.1. The van der Waals surface area contributed by atoms with Crippen LogP contribution >= 0.6 is 0 Å². The van der Waals surface area contributed by atoms with Gasteiger partial charge in [0.05, 0.1) is 17.9 Å². The number of carbonyl (C=O) groups is 1. The van der Waals surface area contributed by atoms with Gasteiger partial charge in [0.25, 0.3) is 0 Å². The molecule has 0 spiro atoms. The number of rotatable bonds is 4. The monoisotopic (exact) mass is 405 g/mol. The molecular formula is C26H28FNO2. The molecule has 0 fully saturated rings. The Morgan fingerprint density at radius 1 is 1.17 bits per heavy atom. The summed E-state index contributed by atoms with van der Waals surface area (Å²) in [7, 11) is 0. The molecule has 0 saturated carbocycles. The van der Waals surface area contributed by atoms with Crippen molar-refractivity contribution in [3.63, 3.8) is 0 Å². The molecule has 0 saturated heterocycles. The van der Waals surface area contributed by atoms with E-state index >= 15 is 0 Å². The lowest BCUT2D eigenvalue weighted by Crippen LogP contribution is -2.18. The number of carbonyl (C=O) groups excluding carboxylic acids is 1. The van der Waals surface area contributed by atoms with E-state index in [0.29, 0.717) is 24.0 Å². The Morgan fingerprint density at radius 2 is 1.87 bits per heavy atom. The maximum Gasteiger partial charge on any atom is 0.340 e. The minimum Gasteiger partial charge on any atom is -0.462 e. The van der Waals surface area contributed by atoms with Gasteiger partial charge in [-0.15, -0.1) is 0 Å². The Hall–Kier alpha value is -2.75. The average Bonchev–Trinajstić information content (AvgIpc) is 2.92. The third-order valence-electron chi connectivity index (χ3n) is 6.10. The molecule has 2 atom stereocenters. The number of halogens is 1. The summed E-state index contributed by atoms with van der Waals surface area (Å²) in [4.78, 5) is 18.1. The molecule has 4 heteroatoms. The number of pyridine rings is 1. The molecule has 4 rings (SSSR count). The highest BCUT2D eigenvalue weighted by Gasteiger charge is 2.32. The van der Waals surface area contributed by atoms with Crippen LogP contribution in [0.5, 0.6) is 0 Å². The molecule has 1 aromatic carbocycles. The summed E-state index contributed by atoms with van der Waals surface area (Å²) >= 11 is 0. The average molecular weight is 406 g/mol. The van der Waals surface area contributed by atoms with E-state index in [1.54, 1.807) is 12.1 Å². The molecular weight excluding hydrogens is 377 g/mol. The van der Waals surface area contributed by atoms with E-state index in [2.05, 4.69) is 24.3 Å². The van der Waals surface area contributed by atoms with Gasteiger partial charge in [0.2, 0.25) is 0 Å². The Balaban J connectivity index is 1.99. The summed E-state index contributed by atoms with van der Waals surface area (Å²) in [5.41, 5.74) is 5.16. The molecule has 3 nitrogen and oxygen atoms in total. The first-order valence-corrected chi connectivity index (χ1v) is 10.8. The summed E-state index contributed by atoms with van der Waals surface area (Å²) in [6.45, 7) is 6.21. The highest BCUT2D eigenvalue weighted by Crippen LogP contribution is 2.41. The normalized spacial score (nSPS) is 19.9. The van der Waals surface area contributed by atoms with E-state index in [4.69, 9.17) is 9.72 Å². The lowest BCUT2D eigenvalue weighted by molar-refractivity contribution is 0.0524. The smallest absolute Gasteiger partial charge is 0.340 e. The van der Waals surface area contributed by atoms with Crippen molar-refractivity contribution in [3.8, 4) is 11.1 Å². The predicted molar refractivity (Wildman–Crippen MR) is 117 cm³/mol. The van der Waals surface area contributed by atoms with Crippen molar-refractivity contribution in [2.24, 2.45) is 11.8 Å². The fourth-order valence-electron chi connectivity index (χ4n) is 4.65. The van der Waals surface area contributed by atoms with Crippen molar-refractivity contribution >= 4 is 5.97 Å². The van der Waals surface area contributed by atoms with Gasteiger partial charge >= 0.3 is 5.97 Å². The van der Waals surface area contributed by atoms with Crippen LogP contribution < -0.4 is 0 Å². The maximum atomic E-state index is 13.7. The van der Waals surface area contributed by atoms with Crippen LogP contribution in [-0.4, -0.2) is 17.6 Å². The molecule has 2 aliphatic carbocycles. The second kappa shape index (κ2) is 8.55. The van der Waals surface area contributed by atoms with Crippen LogP contribution in [0.3, 0.4) is 0 Å². The van der Waals surface area contributed by atoms with E-state index in [9.17, 15) is 9.18 Å². The summed E-state index contributed by atoms with van der Waals surface area (Å²) in [6.07, 6.45) is 11.5. The molecule has 156 valence electrons. The predicted octanol–water partition coefficient (Wildman–Crippen LogP) is 6.03. The van der Waals surface area contributed by atoms with Crippen molar-refractivity contribution < 1.29 is 13.9 Å². The summed E-state index contributed by atoms with van der Waals surface area (Å²) < 4.78 is 19.1. The minimum atomic E-state index is -0.351. The van der Waals surface area contributed by atoms with Crippen LogP contribution in [0.15, 0.2) is 48.6 Å². The molecule has 0 radical (unpaired) electrons. The number of fused-ring (bicyclic) bond motifs is 2. The molecule has 1 heterocycles. The van der Waals surface area contributed by atoms with Crippen LogP contribution in [0, 0.1) is 17.7 Å². The van der Waals surface area contributed by atoms with E-state index in [1.807, 2.05) is 20.8 Å². The van der Waals surface area contributed by atoms with Gasteiger partial charge in [-0.25, -0.2) is 9.18 Å². The maximum absolute atomic E-state index is 13.7. The third-order valence-corrected chi connectivity index (χ3v) is 6.10. The molecule has 2 aliphatic rings. The Labute approximate surface area is 177 Å². The molecule has 0 bridgehead atoms. The fourth-order valence-corrected chi connectivity index (χ4v) is 4.65. The molecule has 30 heavy (non-hydrogen) atoms. The number of allylic oxidation sites excluding steroid dienone is 4. The summed E-state index contributed by atoms with van der Waals surface area (Å²) in [5, 5.41) is 0. The van der Waals surface area contributed by atoms with Crippen molar-refractivity contribution in [2.45, 2.75) is 46.0 Å². The lowest BCUT2D eigenvalue weighted by Gasteiger charge is -2.24. The first kappa shape index (κ1) is 20.5. The van der Waals surface area contributed by atoms with Gasteiger partial charge < -0.3 is 4.74 Å². The van der Waals surface area contributed by atoms with Gasteiger partial charge in [-0.1, -0.05) is 50.3 Å². The van der Waals surface area contributed by atoms with Gasteiger partial charge in [-0.05, 0) is 67.2 Å². The zero-order valence-corrected chi connectivity index (χ0v) is 17.8. The second-order valence-corrected chi connectivity index (χ2v) is 8.39. The molecule has 0 amide bonds. The number of benzene rings is 1. The Morgan fingerprint density at radius 3 is 2.53 bits per heavy atom. The van der Waals surface area contributed by atoms with Gasteiger partial charge in [-0.3, -0.25) is 4.98 Å². The summed E-state index contributed by atoms with van der Waals surface area (Å²) in [6, 6.07) is 6.43.